The number of nitrogens with zero attached hydrogens (tertiary/aromatic N) is 1. The van der Waals surface area contributed by atoms with Crippen LogP contribution in [0.5, 0.6) is 5.75 Å². The summed E-state index contributed by atoms with van der Waals surface area (Å²) in [4.78, 5) is 9.96. The van der Waals surface area contributed by atoms with Crippen LogP contribution >= 0.6 is 0 Å². The highest BCUT2D eigenvalue weighted by Crippen LogP contribution is 2.39. The number of fused-ring (bicyclic) bond motifs is 1. The fourth-order valence-corrected chi connectivity index (χ4v) is 1.99. The highest BCUT2D eigenvalue weighted by atomic mass is 16.6. The molecular weight excluding hydrogens is 198 g/mol. The summed E-state index contributed by atoms with van der Waals surface area (Å²) in [6.07, 6.45) is 1.35. The second-order valence-electron chi connectivity index (χ2n) is 3.67. The van der Waals surface area contributed by atoms with E-state index in [9.17, 15) is 20.3 Å². The summed E-state index contributed by atoms with van der Waals surface area (Å²) in [5, 5.41) is 29.9. The van der Waals surface area contributed by atoms with Gasteiger partial charge < -0.3 is 10.2 Å². The number of nitro groups is 1. The van der Waals surface area contributed by atoms with Crippen molar-refractivity contribution in [2.45, 2.75) is 25.4 Å². The number of nitro benzene ring substituents is 1. The zero-order chi connectivity index (χ0) is 11.0. The summed E-state index contributed by atoms with van der Waals surface area (Å²) in [5.41, 5.74) is 0.843. The van der Waals surface area contributed by atoms with Gasteiger partial charge in [-0.05, 0) is 30.9 Å². The van der Waals surface area contributed by atoms with E-state index in [0.717, 1.165) is 6.42 Å². The van der Waals surface area contributed by atoms with Gasteiger partial charge in [0, 0.05) is 11.6 Å². The van der Waals surface area contributed by atoms with E-state index in [0.29, 0.717) is 24.0 Å². The number of phenolic OH excluding ortho intramolecular Hbond substituents is 1. The second kappa shape index (κ2) is 3.51. The molecule has 0 amide bonds. The number of aliphatic hydroxyl groups excluding tert-OH is 1. The monoisotopic (exact) mass is 209 g/mol. The lowest BCUT2D eigenvalue weighted by Gasteiger charge is -2.21. The lowest BCUT2D eigenvalue weighted by atomic mass is 9.88. The lowest BCUT2D eigenvalue weighted by Crippen LogP contribution is -2.09. The lowest BCUT2D eigenvalue weighted by molar-refractivity contribution is -0.386. The largest absolute Gasteiger partial charge is 0.502 e. The molecule has 1 aromatic rings. The van der Waals surface area contributed by atoms with E-state index in [1.54, 1.807) is 0 Å². The molecule has 2 N–H and O–H groups in total. The van der Waals surface area contributed by atoms with Crippen LogP contribution in [0.1, 0.15) is 30.1 Å². The maximum Gasteiger partial charge on any atom is 0.311 e. The van der Waals surface area contributed by atoms with Crippen molar-refractivity contribution in [3.05, 3.63) is 33.4 Å². The van der Waals surface area contributed by atoms with E-state index < -0.39 is 11.0 Å². The number of hydrogen-bond donors (Lipinski definition) is 2. The average Bonchev–Trinajstić information content (AvgIpc) is 2.19. The first kappa shape index (κ1) is 9.92. The molecule has 0 aliphatic heterocycles. The smallest absolute Gasteiger partial charge is 0.311 e. The summed E-state index contributed by atoms with van der Waals surface area (Å²) in [6, 6.07) is 2.76. The minimum atomic E-state index is -0.614. The quantitative estimate of drug-likeness (QED) is 0.544. The molecule has 80 valence electrons. The first-order valence-electron chi connectivity index (χ1n) is 4.78. The summed E-state index contributed by atoms with van der Waals surface area (Å²) >= 11 is 0. The standard InChI is InChI=1S/C10H11NO4/c12-9-3-1-2-7-6(9)4-5-8(10(7)13)11(14)15/h4-5,9,12-13H,1-3H2/t9-/m1/s1. The molecular formula is C10H11NO4. The number of aliphatic hydroxyl groups is 1. The minimum Gasteiger partial charge on any atom is -0.502 e. The first-order chi connectivity index (χ1) is 7.11. The molecule has 0 aromatic heterocycles. The summed E-state index contributed by atoms with van der Waals surface area (Å²) in [6.45, 7) is 0. The van der Waals surface area contributed by atoms with Gasteiger partial charge in [-0.25, -0.2) is 0 Å². The molecule has 0 unspecified atom stereocenters. The Kier molecular flexibility index (Phi) is 2.32. The van der Waals surface area contributed by atoms with Crippen molar-refractivity contribution in [1.29, 1.82) is 0 Å². The molecule has 0 saturated carbocycles. The molecule has 2 rings (SSSR count). The number of aromatic hydroxyl groups is 1. The van der Waals surface area contributed by atoms with E-state index >= 15 is 0 Å². The summed E-state index contributed by atoms with van der Waals surface area (Å²) < 4.78 is 0. The number of phenols is 1. The van der Waals surface area contributed by atoms with Gasteiger partial charge in [-0.3, -0.25) is 10.1 Å². The number of rotatable bonds is 1. The van der Waals surface area contributed by atoms with Gasteiger partial charge in [-0.15, -0.1) is 0 Å². The Labute approximate surface area is 86.1 Å². The van der Waals surface area contributed by atoms with Crippen molar-refractivity contribution in [2.75, 3.05) is 0 Å². The van der Waals surface area contributed by atoms with Crippen LogP contribution in [-0.4, -0.2) is 15.1 Å². The average molecular weight is 209 g/mol. The fourth-order valence-electron chi connectivity index (χ4n) is 1.99. The molecule has 0 radical (unpaired) electrons. The third-order valence-corrected chi connectivity index (χ3v) is 2.76. The van der Waals surface area contributed by atoms with Crippen LogP contribution in [0.3, 0.4) is 0 Å². The SMILES string of the molecule is O=[N+]([O-])c1ccc2c(c1O)CCC[C@H]2O. The van der Waals surface area contributed by atoms with Crippen molar-refractivity contribution in [3.8, 4) is 5.75 Å². The van der Waals surface area contributed by atoms with E-state index in [4.69, 9.17) is 0 Å². The predicted octanol–water partition coefficient (Wildman–Crippen LogP) is 1.67. The van der Waals surface area contributed by atoms with Crippen LogP contribution in [0.25, 0.3) is 0 Å². The molecule has 1 aliphatic rings. The Morgan fingerprint density at radius 1 is 1.47 bits per heavy atom. The zero-order valence-corrected chi connectivity index (χ0v) is 8.01. The van der Waals surface area contributed by atoms with Crippen LogP contribution in [0, 0.1) is 10.1 Å². The van der Waals surface area contributed by atoms with Crippen LogP contribution in [0.2, 0.25) is 0 Å². The van der Waals surface area contributed by atoms with Gasteiger partial charge in [0.1, 0.15) is 0 Å². The fraction of sp³-hybridized carbons (Fsp3) is 0.400. The van der Waals surface area contributed by atoms with E-state index in [1.807, 2.05) is 0 Å². The van der Waals surface area contributed by atoms with Gasteiger partial charge in [0.15, 0.2) is 5.75 Å². The maximum atomic E-state index is 10.6. The third-order valence-electron chi connectivity index (χ3n) is 2.76. The Balaban J connectivity index is 2.57. The van der Waals surface area contributed by atoms with Gasteiger partial charge in [-0.2, -0.15) is 0 Å². The van der Waals surface area contributed by atoms with E-state index in [-0.39, 0.29) is 11.4 Å². The first-order valence-corrected chi connectivity index (χ1v) is 4.78. The van der Waals surface area contributed by atoms with Crippen LogP contribution in [-0.2, 0) is 6.42 Å². The van der Waals surface area contributed by atoms with E-state index in [1.165, 1.54) is 12.1 Å². The number of hydrogen-bond acceptors (Lipinski definition) is 4. The molecule has 15 heavy (non-hydrogen) atoms. The zero-order valence-electron chi connectivity index (χ0n) is 8.01. The Bertz CT molecular complexity index is 416. The molecule has 1 aliphatic carbocycles. The molecule has 0 saturated heterocycles. The Morgan fingerprint density at radius 2 is 2.20 bits per heavy atom. The Morgan fingerprint density at radius 3 is 2.87 bits per heavy atom. The van der Waals surface area contributed by atoms with Crippen molar-refractivity contribution in [3.63, 3.8) is 0 Å². The highest BCUT2D eigenvalue weighted by Gasteiger charge is 2.25. The molecule has 1 atom stereocenters. The Hall–Kier alpha value is -1.62. The molecule has 0 spiro atoms. The van der Waals surface area contributed by atoms with Gasteiger partial charge >= 0.3 is 5.69 Å². The molecule has 0 fully saturated rings. The maximum absolute atomic E-state index is 10.6. The topological polar surface area (TPSA) is 83.6 Å². The minimum absolute atomic E-state index is 0.289. The van der Waals surface area contributed by atoms with Gasteiger partial charge in [-0.1, -0.05) is 0 Å². The summed E-state index contributed by atoms with van der Waals surface area (Å²) in [5.74, 6) is -0.295. The van der Waals surface area contributed by atoms with Gasteiger partial charge in [0.05, 0.1) is 11.0 Å². The summed E-state index contributed by atoms with van der Waals surface area (Å²) in [7, 11) is 0. The number of benzene rings is 1. The van der Waals surface area contributed by atoms with Crippen LogP contribution in [0.15, 0.2) is 12.1 Å². The van der Waals surface area contributed by atoms with Crippen molar-refractivity contribution in [2.24, 2.45) is 0 Å². The molecule has 5 heteroatoms. The highest BCUT2D eigenvalue weighted by molar-refractivity contribution is 5.55. The van der Waals surface area contributed by atoms with Gasteiger partial charge in [0.25, 0.3) is 0 Å². The third kappa shape index (κ3) is 1.55. The molecule has 0 heterocycles. The second-order valence-corrected chi connectivity index (χ2v) is 3.67. The van der Waals surface area contributed by atoms with Crippen LogP contribution in [0.4, 0.5) is 5.69 Å². The molecule has 1 aromatic carbocycles. The normalized spacial score (nSPS) is 19.7. The van der Waals surface area contributed by atoms with Crippen molar-refractivity contribution in [1.82, 2.24) is 0 Å². The molecule has 0 bridgehead atoms. The van der Waals surface area contributed by atoms with E-state index in [2.05, 4.69) is 0 Å². The van der Waals surface area contributed by atoms with Gasteiger partial charge in [0.2, 0.25) is 0 Å². The van der Waals surface area contributed by atoms with Crippen LogP contribution < -0.4 is 0 Å². The van der Waals surface area contributed by atoms with Crippen molar-refractivity contribution < 1.29 is 15.1 Å². The molecule has 5 nitrogen and oxygen atoms in total. The van der Waals surface area contributed by atoms with Crippen molar-refractivity contribution >= 4 is 5.69 Å². The predicted molar refractivity (Wildman–Crippen MR) is 52.7 cm³/mol.